The fourth-order valence-corrected chi connectivity index (χ4v) is 3.16. The summed E-state index contributed by atoms with van der Waals surface area (Å²) in [7, 11) is -0.0204. The minimum atomic E-state index is -3.13. The van der Waals surface area contributed by atoms with Gasteiger partial charge in [0.25, 0.3) is 0 Å². The number of ether oxygens (including phenoxy) is 1. The first-order valence-corrected chi connectivity index (χ1v) is 8.72. The summed E-state index contributed by atoms with van der Waals surface area (Å²) in [6.07, 6.45) is 0.908. The first-order valence-electron chi connectivity index (χ1n) is 7.11. The van der Waals surface area contributed by atoms with Gasteiger partial charge < -0.3 is 10.1 Å². The van der Waals surface area contributed by atoms with E-state index < -0.39 is 10.0 Å². The minimum absolute atomic E-state index is 0.112. The van der Waals surface area contributed by atoms with Crippen molar-refractivity contribution in [2.45, 2.75) is 32.4 Å². The number of hydrogen-bond donors (Lipinski definition) is 1. The van der Waals surface area contributed by atoms with Crippen molar-refractivity contribution in [1.29, 1.82) is 0 Å². The van der Waals surface area contributed by atoms with Gasteiger partial charge in [0.05, 0.1) is 5.75 Å². The molecule has 0 saturated carbocycles. The lowest BCUT2D eigenvalue weighted by Gasteiger charge is -2.16. The van der Waals surface area contributed by atoms with Crippen LogP contribution in [0.1, 0.15) is 25.0 Å². The fourth-order valence-electron chi connectivity index (χ4n) is 2.39. The molecule has 5 nitrogen and oxygen atoms in total. The lowest BCUT2D eigenvalue weighted by molar-refractivity contribution is 0.138. The standard InChI is InChI=1S/C15H24N2O3S/c1-15(2)10-13-9-12(5-6-14(13)20-15)11-16-7-8-21(18,19)17(3)4/h5-6,9,16H,7-8,10-11H2,1-4H3. The summed E-state index contributed by atoms with van der Waals surface area (Å²) in [6, 6.07) is 6.16. The van der Waals surface area contributed by atoms with E-state index in [0.29, 0.717) is 13.1 Å². The number of rotatable bonds is 6. The maximum Gasteiger partial charge on any atom is 0.214 e. The molecule has 1 aliphatic heterocycles. The number of benzene rings is 1. The lowest BCUT2D eigenvalue weighted by atomic mass is 10.0. The summed E-state index contributed by atoms with van der Waals surface area (Å²) in [4.78, 5) is 0. The Morgan fingerprint density at radius 1 is 1.33 bits per heavy atom. The van der Waals surface area contributed by atoms with Crippen LogP contribution in [0, 0.1) is 0 Å². The van der Waals surface area contributed by atoms with Gasteiger partial charge in [0.1, 0.15) is 11.4 Å². The summed E-state index contributed by atoms with van der Waals surface area (Å²) in [5, 5.41) is 3.18. The van der Waals surface area contributed by atoms with Crippen LogP contribution in [0.15, 0.2) is 18.2 Å². The molecule has 0 aliphatic carbocycles. The Bertz CT molecular complexity index is 609. The van der Waals surface area contributed by atoms with Crippen LogP contribution in [0.2, 0.25) is 0 Å². The Morgan fingerprint density at radius 2 is 2.05 bits per heavy atom. The van der Waals surface area contributed by atoms with Gasteiger partial charge in [-0.25, -0.2) is 12.7 Å². The molecule has 0 saturated heterocycles. The summed E-state index contributed by atoms with van der Waals surface area (Å²) in [5.41, 5.74) is 2.24. The van der Waals surface area contributed by atoms with Crippen molar-refractivity contribution in [3.63, 3.8) is 0 Å². The van der Waals surface area contributed by atoms with Gasteiger partial charge in [-0.1, -0.05) is 12.1 Å². The number of fused-ring (bicyclic) bond motifs is 1. The van der Waals surface area contributed by atoms with E-state index >= 15 is 0 Å². The summed E-state index contributed by atoms with van der Waals surface area (Å²) in [6.45, 7) is 5.27. The smallest absolute Gasteiger partial charge is 0.214 e. The summed E-state index contributed by atoms with van der Waals surface area (Å²) < 4.78 is 30.4. The molecule has 0 spiro atoms. The maximum absolute atomic E-state index is 11.6. The molecule has 6 heteroatoms. The normalized spacial score (nSPS) is 16.8. The molecule has 2 rings (SSSR count). The predicted molar refractivity (Wildman–Crippen MR) is 84.0 cm³/mol. The van der Waals surface area contributed by atoms with E-state index in [9.17, 15) is 8.42 Å². The molecule has 0 radical (unpaired) electrons. The van der Waals surface area contributed by atoms with Gasteiger partial charge in [0.15, 0.2) is 0 Å². The van der Waals surface area contributed by atoms with E-state index in [1.807, 2.05) is 12.1 Å². The zero-order chi connectivity index (χ0) is 15.7. The van der Waals surface area contributed by atoms with Crippen molar-refractivity contribution < 1.29 is 13.2 Å². The lowest BCUT2D eigenvalue weighted by Crippen LogP contribution is -2.31. The first kappa shape index (κ1) is 16.3. The highest BCUT2D eigenvalue weighted by Gasteiger charge is 2.29. The second kappa shape index (κ2) is 5.94. The monoisotopic (exact) mass is 312 g/mol. The maximum atomic E-state index is 11.6. The van der Waals surface area contributed by atoms with Gasteiger partial charge in [-0.15, -0.1) is 0 Å². The molecule has 1 N–H and O–H groups in total. The summed E-state index contributed by atoms with van der Waals surface area (Å²) in [5.74, 6) is 1.07. The minimum Gasteiger partial charge on any atom is -0.487 e. The molecule has 0 bridgehead atoms. The SMILES string of the molecule is CN(C)S(=O)(=O)CCNCc1ccc2c(c1)CC(C)(C)O2. The second-order valence-electron chi connectivity index (χ2n) is 6.26. The van der Waals surface area contributed by atoms with Crippen molar-refractivity contribution in [2.24, 2.45) is 0 Å². The van der Waals surface area contributed by atoms with E-state index in [0.717, 1.165) is 17.7 Å². The Labute approximate surface area is 127 Å². The summed E-state index contributed by atoms with van der Waals surface area (Å²) >= 11 is 0. The molecule has 0 atom stereocenters. The van der Waals surface area contributed by atoms with Crippen LogP contribution >= 0.6 is 0 Å². The molecule has 0 amide bonds. The second-order valence-corrected chi connectivity index (χ2v) is 8.56. The Kier molecular flexibility index (Phi) is 4.60. The van der Waals surface area contributed by atoms with Crippen LogP contribution in [0.3, 0.4) is 0 Å². The Morgan fingerprint density at radius 3 is 2.71 bits per heavy atom. The molecule has 1 aromatic carbocycles. The van der Waals surface area contributed by atoms with Crippen molar-refractivity contribution in [3.8, 4) is 5.75 Å². The van der Waals surface area contributed by atoms with Gasteiger partial charge in [0, 0.05) is 33.6 Å². The zero-order valence-electron chi connectivity index (χ0n) is 13.1. The topological polar surface area (TPSA) is 58.6 Å². The van der Waals surface area contributed by atoms with Crippen molar-refractivity contribution >= 4 is 10.0 Å². The third-order valence-electron chi connectivity index (χ3n) is 3.55. The highest BCUT2D eigenvalue weighted by Crippen LogP contribution is 2.35. The van der Waals surface area contributed by atoms with Crippen molar-refractivity contribution in [1.82, 2.24) is 9.62 Å². The molecule has 0 aromatic heterocycles. The van der Waals surface area contributed by atoms with Crippen molar-refractivity contribution in [2.75, 3.05) is 26.4 Å². The molecule has 0 unspecified atom stereocenters. The van der Waals surface area contributed by atoms with E-state index in [4.69, 9.17) is 4.74 Å². The average Bonchev–Trinajstić information content (AvgIpc) is 2.67. The first-order chi connectivity index (χ1) is 9.70. The van der Waals surface area contributed by atoms with Gasteiger partial charge in [-0.05, 0) is 31.0 Å². The Hall–Kier alpha value is -1.11. The van der Waals surface area contributed by atoms with Gasteiger partial charge >= 0.3 is 0 Å². The van der Waals surface area contributed by atoms with Crippen LogP contribution in [-0.4, -0.2) is 44.7 Å². The molecule has 118 valence electrons. The molecular weight excluding hydrogens is 288 g/mol. The average molecular weight is 312 g/mol. The molecule has 0 fully saturated rings. The quantitative estimate of drug-likeness (QED) is 0.806. The molecular formula is C15H24N2O3S. The van der Waals surface area contributed by atoms with E-state index in [-0.39, 0.29) is 11.4 Å². The molecule has 1 aromatic rings. The number of sulfonamides is 1. The number of nitrogens with one attached hydrogen (secondary N) is 1. The number of nitrogens with zero attached hydrogens (tertiary/aromatic N) is 1. The zero-order valence-corrected chi connectivity index (χ0v) is 14.0. The highest BCUT2D eigenvalue weighted by atomic mass is 32.2. The van der Waals surface area contributed by atoms with Crippen LogP contribution in [0.25, 0.3) is 0 Å². The third-order valence-corrected chi connectivity index (χ3v) is 5.38. The molecule has 1 aliphatic rings. The van der Waals surface area contributed by atoms with E-state index in [1.54, 1.807) is 14.1 Å². The van der Waals surface area contributed by atoms with E-state index in [2.05, 4.69) is 25.2 Å². The Balaban J connectivity index is 1.86. The highest BCUT2D eigenvalue weighted by molar-refractivity contribution is 7.89. The molecule has 21 heavy (non-hydrogen) atoms. The van der Waals surface area contributed by atoms with E-state index in [1.165, 1.54) is 9.87 Å². The van der Waals surface area contributed by atoms with Crippen LogP contribution in [0.5, 0.6) is 5.75 Å². The van der Waals surface area contributed by atoms with Gasteiger partial charge in [0.2, 0.25) is 10.0 Å². The van der Waals surface area contributed by atoms with Crippen LogP contribution < -0.4 is 10.1 Å². The largest absolute Gasteiger partial charge is 0.487 e. The predicted octanol–water partition coefficient (Wildman–Crippen LogP) is 1.38. The number of hydrogen-bond acceptors (Lipinski definition) is 4. The van der Waals surface area contributed by atoms with Crippen molar-refractivity contribution in [3.05, 3.63) is 29.3 Å². The van der Waals surface area contributed by atoms with Crippen LogP contribution in [-0.2, 0) is 23.0 Å². The molecule has 1 heterocycles. The van der Waals surface area contributed by atoms with Crippen LogP contribution in [0.4, 0.5) is 0 Å². The third kappa shape index (κ3) is 4.18. The van der Waals surface area contributed by atoms with Gasteiger partial charge in [-0.2, -0.15) is 0 Å². The van der Waals surface area contributed by atoms with Gasteiger partial charge in [-0.3, -0.25) is 0 Å². The fraction of sp³-hybridized carbons (Fsp3) is 0.600.